The van der Waals surface area contributed by atoms with E-state index in [0.29, 0.717) is 55.8 Å². The quantitative estimate of drug-likeness (QED) is 0.139. The van der Waals surface area contributed by atoms with E-state index in [-0.39, 0.29) is 28.6 Å². The van der Waals surface area contributed by atoms with Crippen LogP contribution in [0.3, 0.4) is 0 Å². The molecule has 0 aliphatic rings. The van der Waals surface area contributed by atoms with Crippen LogP contribution in [0.4, 0.5) is 0 Å². The highest BCUT2D eigenvalue weighted by Crippen LogP contribution is 2.50. The van der Waals surface area contributed by atoms with Crippen LogP contribution < -0.4 is 28.4 Å². The fourth-order valence-electron chi connectivity index (χ4n) is 3.96. The van der Waals surface area contributed by atoms with Crippen LogP contribution in [0.25, 0.3) is 0 Å². The minimum atomic E-state index is -0.557. The monoisotopic (exact) mass is 540 g/mol. The number of benzene rings is 2. The largest absolute Gasteiger partial charge is 0.490 e. The Morgan fingerprint density at radius 3 is 1.23 bits per heavy atom. The first-order chi connectivity index (χ1) is 18.6. The van der Waals surface area contributed by atoms with E-state index in [4.69, 9.17) is 28.4 Å². The molecule has 0 bridgehead atoms. The Kier molecular flexibility index (Phi) is 11.9. The molecule has 0 aliphatic carbocycles. The van der Waals surface area contributed by atoms with Gasteiger partial charge in [-0.1, -0.05) is 32.2 Å². The molecule has 0 N–H and O–H groups in total. The van der Waals surface area contributed by atoms with Gasteiger partial charge in [0.25, 0.3) is 0 Å². The Morgan fingerprint density at radius 1 is 0.615 bits per heavy atom. The van der Waals surface area contributed by atoms with Crippen LogP contribution in [0, 0.1) is 0 Å². The van der Waals surface area contributed by atoms with Gasteiger partial charge in [0.1, 0.15) is 0 Å². The summed E-state index contributed by atoms with van der Waals surface area (Å²) in [7, 11) is 0. The fraction of sp³-hybridized carbons (Fsp3) is 0.419. The van der Waals surface area contributed by atoms with Crippen molar-refractivity contribution in [3.63, 3.8) is 0 Å². The van der Waals surface area contributed by atoms with E-state index in [1.165, 1.54) is 0 Å². The Bertz CT molecular complexity index is 1110. The zero-order valence-corrected chi connectivity index (χ0v) is 24.1. The zero-order chi connectivity index (χ0) is 29.1. The van der Waals surface area contributed by atoms with Crippen LogP contribution in [-0.2, 0) is 9.59 Å². The van der Waals surface area contributed by atoms with Crippen molar-refractivity contribution in [1.82, 2.24) is 0 Å². The summed E-state index contributed by atoms with van der Waals surface area (Å²) in [5.74, 6) is 0.745. The first-order valence-electron chi connectivity index (χ1n) is 13.2. The molecule has 0 atom stereocenters. The molecule has 2 aromatic carbocycles. The van der Waals surface area contributed by atoms with Crippen LogP contribution >= 0.6 is 0 Å². The number of carbonyl (C=O) groups is 2. The van der Waals surface area contributed by atoms with Gasteiger partial charge < -0.3 is 28.4 Å². The van der Waals surface area contributed by atoms with Crippen molar-refractivity contribution in [3.8, 4) is 34.5 Å². The predicted molar refractivity (Wildman–Crippen MR) is 151 cm³/mol. The molecule has 8 nitrogen and oxygen atoms in total. The molecule has 2 rings (SSSR count). The van der Waals surface area contributed by atoms with Gasteiger partial charge in [-0.15, -0.1) is 0 Å². The first-order valence-corrected chi connectivity index (χ1v) is 13.2. The zero-order valence-electron chi connectivity index (χ0n) is 24.1. The van der Waals surface area contributed by atoms with Gasteiger partial charge in [-0.3, -0.25) is 0 Å². The van der Waals surface area contributed by atoms with Gasteiger partial charge in [-0.05, 0) is 60.1 Å². The molecule has 0 saturated heterocycles. The Morgan fingerprint density at radius 2 is 0.949 bits per heavy atom. The number of carbonyl (C=O) groups excluding carboxylic acids is 2. The topological polar surface area (TPSA) is 89.5 Å². The van der Waals surface area contributed by atoms with E-state index in [9.17, 15) is 9.59 Å². The second kappa shape index (κ2) is 14.9. The van der Waals surface area contributed by atoms with Crippen LogP contribution in [0.5, 0.6) is 34.5 Å². The maximum Gasteiger partial charge on any atom is 0.338 e. The van der Waals surface area contributed by atoms with Crippen LogP contribution in [-0.4, -0.2) is 38.4 Å². The molecule has 8 heteroatoms. The van der Waals surface area contributed by atoms with Gasteiger partial charge in [0.2, 0.25) is 11.5 Å². The van der Waals surface area contributed by atoms with Gasteiger partial charge in [-0.25, -0.2) is 9.59 Å². The molecule has 212 valence electrons. The summed E-state index contributed by atoms with van der Waals surface area (Å²) in [6.45, 7) is 21.3. The van der Waals surface area contributed by atoms with Crippen molar-refractivity contribution in [2.24, 2.45) is 0 Å². The minimum Gasteiger partial charge on any atom is -0.490 e. The van der Waals surface area contributed by atoms with E-state index in [1.807, 2.05) is 46.8 Å². The lowest BCUT2D eigenvalue weighted by atomic mass is 9.87. The SMILES string of the molecule is C=C(C)C(=O)Oc1ccc(C(CC)c2ccc(OC(=O)C(=C)C)c(OCC)c2OCC)c(OCC)c1OCC. The molecule has 0 amide bonds. The highest BCUT2D eigenvalue weighted by atomic mass is 16.6. The molecule has 0 aliphatic heterocycles. The highest BCUT2D eigenvalue weighted by molar-refractivity contribution is 5.90. The normalized spacial score (nSPS) is 10.6. The lowest BCUT2D eigenvalue weighted by Crippen LogP contribution is -2.14. The lowest BCUT2D eigenvalue weighted by Gasteiger charge is -2.26. The molecule has 2 aromatic rings. The second-order valence-electron chi connectivity index (χ2n) is 8.65. The molecule has 0 fully saturated rings. The van der Waals surface area contributed by atoms with Gasteiger partial charge in [0.15, 0.2) is 23.0 Å². The lowest BCUT2D eigenvalue weighted by molar-refractivity contribution is -0.131. The molecule has 0 spiro atoms. The molecule has 0 aromatic heterocycles. The summed E-state index contributed by atoms with van der Waals surface area (Å²) in [6, 6.07) is 7.10. The smallest absolute Gasteiger partial charge is 0.338 e. The maximum absolute atomic E-state index is 12.3. The summed E-state index contributed by atoms with van der Waals surface area (Å²) < 4.78 is 35.2. The minimum absolute atomic E-state index is 0.233. The van der Waals surface area contributed by atoms with Crippen molar-refractivity contribution in [2.45, 2.75) is 60.8 Å². The summed E-state index contributed by atoms with van der Waals surface area (Å²) in [5, 5.41) is 0. The van der Waals surface area contributed by atoms with Crippen LogP contribution in [0.15, 0.2) is 48.6 Å². The first kappa shape index (κ1) is 31.3. The Hall–Kier alpha value is -3.94. The summed E-state index contributed by atoms with van der Waals surface area (Å²) in [4.78, 5) is 24.6. The predicted octanol–water partition coefficient (Wildman–Crippen LogP) is 6.79. The molecule has 39 heavy (non-hydrogen) atoms. The fourth-order valence-corrected chi connectivity index (χ4v) is 3.96. The number of esters is 2. The van der Waals surface area contributed by atoms with Crippen LogP contribution in [0.2, 0.25) is 0 Å². The molecule has 0 heterocycles. The average Bonchev–Trinajstić information content (AvgIpc) is 2.90. The number of hydrogen-bond acceptors (Lipinski definition) is 8. The third kappa shape index (κ3) is 7.56. The van der Waals surface area contributed by atoms with E-state index < -0.39 is 11.9 Å². The van der Waals surface area contributed by atoms with Crippen LogP contribution in [0.1, 0.15) is 71.9 Å². The average molecular weight is 541 g/mol. The molecule has 0 unspecified atom stereocenters. The van der Waals surface area contributed by atoms with Crippen molar-refractivity contribution in [3.05, 3.63) is 59.7 Å². The Balaban J connectivity index is 2.79. The van der Waals surface area contributed by atoms with Gasteiger partial charge in [-0.2, -0.15) is 0 Å². The van der Waals surface area contributed by atoms with Crippen molar-refractivity contribution < 1.29 is 38.0 Å². The third-order valence-electron chi connectivity index (χ3n) is 5.63. The van der Waals surface area contributed by atoms with Gasteiger partial charge >= 0.3 is 11.9 Å². The number of ether oxygens (including phenoxy) is 6. The van der Waals surface area contributed by atoms with E-state index >= 15 is 0 Å². The number of hydrogen-bond donors (Lipinski definition) is 0. The van der Waals surface area contributed by atoms with Crippen molar-refractivity contribution >= 4 is 11.9 Å². The summed E-state index contributed by atoms with van der Waals surface area (Å²) in [5.41, 5.74) is 2.16. The van der Waals surface area contributed by atoms with Crippen molar-refractivity contribution in [1.29, 1.82) is 0 Å². The summed E-state index contributed by atoms with van der Waals surface area (Å²) >= 11 is 0. The van der Waals surface area contributed by atoms with Gasteiger partial charge in [0.05, 0.1) is 26.4 Å². The third-order valence-corrected chi connectivity index (χ3v) is 5.63. The Labute approximate surface area is 231 Å². The summed E-state index contributed by atoms with van der Waals surface area (Å²) in [6.07, 6.45) is 0.660. The van der Waals surface area contributed by atoms with E-state index in [2.05, 4.69) is 13.2 Å². The molecule has 0 saturated carbocycles. The second-order valence-corrected chi connectivity index (χ2v) is 8.65. The van der Waals surface area contributed by atoms with E-state index in [0.717, 1.165) is 11.1 Å². The highest BCUT2D eigenvalue weighted by Gasteiger charge is 2.29. The number of rotatable bonds is 15. The van der Waals surface area contributed by atoms with Crippen molar-refractivity contribution in [2.75, 3.05) is 26.4 Å². The standard InChI is InChI=1S/C31H40O8/c1-10-21(22-15-17-24(38-30(32)19(6)7)28(36-13-4)26(22)34-11-2)23-16-18-25(39-31(33)20(8)9)29(37-14-5)27(23)35-12-3/h15-18,21H,6,8,10-14H2,1-5,7,9H3. The maximum atomic E-state index is 12.3. The molecule has 0 radical (unpaired) electrons. The molecular formula is C31H40O8. The molecular weight excluding hydrogens is 500 g/mol. The van der Waals surface area contributed by atoms with E-state index in [1.54, 1.807) is 26.0 Å². The van der Waals surface area contributed by atoms with Gasteiger partial charge in [0, 0.05) is 28.2 Å².